The van der Waals surface area contributed by atoms with Crippen LogP contribution in [0.15, 0.2) is 78.0 Å². The highest BCUT2D eigenvalue weighted by atomic mass is 35.5. The van der Waals surface area contributed by atoms with Gasteiger partial charge in [-0.2, -0.15) is 0 Å². The van der Waals surface area contributed by atoms with E-state index in [2.05, 4.69) is 49.9 Å². The van der Waals surface area contributed by atoms with Crippen LogP contribution in [-0.2, 0) is 12.8 Å². The lowest BCUT2D eigenvalue weighted by molar-refractivity contribution is 0.119. The third-order valence-electron chi connectivity index (χ3n) is 14.1. The summed E-state index contributed by atoms with van der Waals surface area (Å²) >= 11 is 12.0. The Morgan fingerprint density at radius 1 is 0.600 bits per heavy atom. The van der Waals surface area contributed by atoms with Gasteiger partial charge < -0.3 is 44.8 Å². The third kappa shape index (κ3) is 15.6. The number of likely N-dealkylation sites (tertiary alicyclic amines) is 2. The third-order valence-corrected chi connectivity index (χ3v) is 14.6. The lowest BCUT2D eigenvalue weighted by Crippen LogP contribution is -2.52. The van der Waals surface area contributed by atoms with Crippen molar-refractivity contribution in [2.75, 3.05) is 74.2 Å². The first-order valence-corrected chi connectivity index (χ1v) is 25.0. The topological polar surface area (TPSA) is 158 Å². The second kappa shape index (κ2) is 28.4. The van der Waals surface area contributed by atoms with Crippen LogP contribution >= 0.6 is 35.6 Å². The first kappa shape index (κ1) is 56.2. The molecule has 14 nitrogen and oxygen atoms in total. The number of rotatable bonds is 15. The number of methoxy groups -OCH3 is 6. The minimum absolute atomic E-state index is 0. The van der Waals surface area contributed by atoms with Crippen LogP contribution in [0.5, 0.6) is 34.5 Å². The molecule has 0 radical (unpaired) electrons. The minimum Gasteiger partial charge on any atom is -0.493 e. The van der Waals surface area contributed by atoms with E-state index in [0.29, 0.717) is 64.2 Å². The number of hydrogen-bond acceptors (Lipinski definition) is 12. The molecule has 4 aromatic rings. The van der Waals surface area contributed by atoms with E-state index in [1.807, 2.05) is 24.3 Å². The van der Waals surface area contributed by atoms with E-state index in [1.165, 1.54) is 109 Å². The fourth-order valence-electron chi connectivity index (χ4n) is 10.5. The van der Waals surface area contributed by atoms with Crippen LogP contribution in [0.1, 0.15) is 75.3 Å². The predicted molar refractivity (Wildman–Crippen MR) is 283 cm³/mol. The Hall–Kier alpha value is -4.70. The lowest BCUT2D eigenvalue weighted by Gasteiger charge is -2.38. The molecule has 0 spiro atoms. The number of carbonyl (C=O) groups is 1. The lowest BCUT2D eigenvalue weighted by atomic mass is 9.89. The molecule has 2 heterocycles. The number of halogens is 3. The molecule has 4 fully saturated rings. The molecule has 2 aliphatic carbocycles. The molecule has 2 amide bonds. The molecule has 0 bridgehead atoms. The summed E-state index contributed by atoms with van der Waals surface area (Å²) in [4.78, 5) is 28.4. The van der Waals surface area contributed by atoms with E-state index in [1.54, 1.807) is 33.5 Å². The average molecular weight is 1030 g/mol. The minimum atomic E-state index is -0.214. The van der Waals surface area contributed by atoms with Gasteiger partial charge in [0.05, 0.1) is 48.3 Å². The summed E-state index contributed by atoms with van der Waals surface area (Å²) in [6.07, 6.45) is 14.4. The van der Waals surface area contributed by atoms with Crippen molar-refractivity contribution in [3.8, 4) is 34.5 Å². The molecule has 70 heavy (non-hydrogen) atoms. The maximum atomic E-state index is 12.9. The highest BCUT2D eigenvalue weighted by Gasteiger charge is 2.35. The zero-order chi connectivity index (χ0) is 49.3. The van der Waals surface area contributed by atoms with E-state index in [-0.39, 0.29) is 30.2 Å². The average Bonchev–Trinajstić information content (AvgIpc) is 4.03. The van der Waals surface area contributed by atoms with Gasteiger partial charge in [0.15, 0.2) is 23.0 Å². The van der Waals surface area contributed by atoms with E-state index in [9.17, 15) is 9.70 Å². The van der Waals surface area contributed by atoms with Gasteiger partial charge in [-0.25, -0.2) is 4.79 Å². The number of hydrogen-bond donors (Lipinski definition) is 3. The van der Waals surface area contributed by atoms with Crippen molar-refractivity contribution >= 4 is 53.0 Å². The number of urea groups is 1. The fraction of sp³-hybridized carbons (Fsp3) is 0.528. The Bertz CT molecular complexity index is 2180. The molecule has 4 aromatic carbocycles. The van der Waals surface area contributed by atoms with Gasteiger partial charge in [-0.3, -0.25) is 9.80 Å². The molecular weight excluding hydrogens is 955 g/mol. The highest BCUT2D eigenvalue weighted by Crippen LogP contribution is 2.42. The number of benzene rings is 4. The zero-order valence-corrected chi connectivity index (χ0v) is 43.9. The summed E-state index contributed by atoms with van der Waals surface area (Å²) in [7, 11) is 9.12. The van der Waals surface area contributed by atoms with Crippen molar-refractivity contribution in [1.29, 1.82) is 0 Å². The Morgan fingerprint density at radius 2 is 1.01 bits per heavy atom. The maximum Gasteiger partial charge on any atom is 0.319 e. The van der Waals surface area contributed by atoms with Crippen molar-refractivity contribution in [2.24, 2.45) is 22.7 Å². The highest BCUT2D eigenvalue weighted by molar-refractivity contribution is 6.30. The van der Waals surface area contributed by atoms with Gasteiger partial charge in [0.2, 0.25) is 11.5 Å². The SMILES string of the molecule is COc1cc(N=O)cc(OC)c1OC.COc1cc(NC(=O)N[C@@H]2CCC[C@H]2N2CCC(Cc3ccc(Cl)cc3)CC2)cc(OC)c1OC.Cl.N[C@@H]1CCC[C@H]1N1CCC(Cc2ccc(Cl)cc2)CC1. The van der Waals surface area contributed by atoms with Gasteiger partial charge in [0.25, 0.3) is 0 Å². The summed E-state index contributed by atoms with van der Waals surface area (Å²) in [6, 6.07) is 24.4. The van der Waals surface area contributed by atoms with E-state index in [0.717, 1.165) is 54.7 Å². The van der Waals surface area contributed by atoms with Gasteiger partial charge in [-0.05, 0) is 149 Å². The van der Waals surface area contributed by atoms with Crippen LogP contribution in [0.2, 0.25) is 10.0 Å². The largest absolute Gasteiger partial charge is 0.493 e. The normalized spacial score (nSPS) is 20.6. The summed E-state index contributed by atoms with van der Waals surface area (Å²) in [6.45, 7) is 4.62. The second-order valence-electron chi connectivity index (χ2n) is 18.4. The van der Waals surface area contributed by atoms with E-state index < -0.39 is 0 Å². The number of carbonyl (C=O) groups excluding carboxylic acids is 1. The van der Waals surface area contributed by atoms with Gasteiger partial charge >= 0.3 is 6.03 Å². The number of ether oxygens (including phenoxy) is 6. The molecule has 2 aliphatic heterocycles. The van der Waals surface area contributed by atoms with Gasteiger partial charge in [-0.15, -0.1) is 17.3 Å². The number of nitrogens with one attached hydrogen (secondary N) is 2. The Balaban J connectivity index is 0.000000219. The summed E-state index contributed by atoms with van der Waals surface area (Å²) in [5.74, 6) is 4.31. The van der Waals surface area contributed by atoms with Crippen LogP contribution in [-0.4, -0.2) is 109 Å². The van der Waals surface area contributed by atoms with Crippen LogP contribution in [0.3, 0.4) is 0 Å². The van der Waals surface area contributed by atoms with Crippen LogP contribution in [0.25, 0.3) is 0 Å². The van der Waals surface area contributed by atoms with Crippen LogP contribution in [0.4, 0.5) is 16.2 Å². The molecule has 17 heteroatoms. The number of nitroso groups, excluding NO2 is 1. The van der Waals surface area contributed by atoms with Gasteiger partial charge in [0, 0.05) is 58.5 Å². The van der Waals surface area contributed by atoms with Crippen molar-refractivity contribution < 1.29 is 33.2 Å². The fourth-order valence-corrected chi connectivity index (χ4v) is 10.7. The quantitative estimate of drug-likeness (QED) is 0.0973. The van der Waals surface area contributed by atoms with Crippen LogP contribution < -0.4 is 44.8 Å². The monoisotopic (exact) mass is 1030 g/mol. The van der Waals surface area contributed by atoms with Crippen molar-refractivity contribution in [3.05, 3.63) is 98.9 Å². The molecule has 4 atom stereocenters. The summed E-state index contributed by atoms with van der Waals surface area (Å²) in [5, 5.41) is 10.6. The second-order valence-corrected chi connectivity index (χ2v) is 19.2. The van der Waals surface area contributed by atoms with Crippen molar-refractivity contribution in [3.63, 3.8) is 0 Å². The Morgan fingerprint density at radius 3 is 1.41 bits per heavy atom. The molecule has 2 saturated carbocycles. The smallest absolute Gasteiger partial charge is 0.319 e. The standard InChI is InChI=1S/C27H36ClN3O4.C17H25ClN2.C9H11NO4.ClH/c1-33-24-16-21(17-25(34-2)26(24)35-3)29-27(32)30-22-5-4-6-23(22)31-13-11-19(12-14-31)15-18-7-9-20(28)10-8-18;18-15-6-4-13(5-7-15)12-14-8-10-20(11-9-14)17-3-1-2-16(17)19;1-12-7-4-6(10-11)5-8(13-2)9(7)14-3;/h7-10,16-17,19,22-23H,4-6,11-15H2,1-3H3,(H2,29,30,32);4-7,14,16-17H,1-3,8-12,19H2;4-5H,1-3H3;1H/t22-,23-;16-,17-;;/m11../s1. The van der Waals surface area contributed by atoms with E-state index >= 15 is 0 Å². The Kier molecular flexibility index (Phi) is 22.8. The van der Waals surface area contributed by atoms with Gasteiger partial charge in [-0.1, -0.05) is 53.9 Å². The summed E-state index contributed by atoms with van der Waals surface area (Å²) in [5.41, 5.74) is 9.84. The number of nitrogens with two attached hydrogens (primary N) is 1. The Labute approximate surface area is 430 Å². The number of anilines is 1. The molecule has 4 N–H and O–H groups in total. The molecule has 384 valence electrons. The van der Waals surface area contributed by atoms with Crippen molar-refractivity contribution in [1.82, 2.24) is 15.1 Å². The van der Waals surface area contributed by atoms with E-state index in [4.69, 9.17) is 57.4 Å². The molecule has 0 aromatic heterocycles. The summed E-state index contributed by atoms with van der Waals surface area (Å²) < 4.78 is 31.2. The predicted octanol–water partition coefficient (Wildman–Crippen LogP) is 11.4. The number of nitrogens with zero attached hydrogens (tertiary/aromatic N) is 3. The molecule has 0 unspecified atom stereocenters. The van der Waals surface area contributed by atoms with Crippen molar-refractivity contribution in [2.45, 2.75) is 101 Å². The first-order chi connectivity index (χ1) is 33.5. The number of piperidine rings is 2. The first-order valence-electron chi connectivity index (χ1n) is 24.2. The molecule has 4 aliphatic rings. The molecule has 8 rings (SSSR count). The van der Waals surface area contributed by atoms with Crippen LogP contribution in [0, 0.1) is 16.7 Å². The molecule has 2 saturated heterocycles. The zero-order valence-electron chi connectivity index (χ0n) is 41.6. The maximum absolute atomic E-state index is 12.9. The van der Waals surface area contributed by atoms with Gasteiger partial charge in [0.1, 0.15) is 5.69 Å². The molecular formula is C53H73Cl3N6O8. The number of amides is 2.